The van der Waals surface area contributed by atoms with E-state index in [1.54, 1.807) is 0 Å². The smallest absolute Gasteiger partial charge is 0.462 e. The van der Waals surface area contributed by atoms with E-state index in [-0.39, 0.29) is 18.7 Å². The Morgan fingerprint density at radius 1 is 0.712 bits per heavy atom. The molecule has 66 heavy (non-hydrogen) atoms. The van der Waals surface area contributed by atoms with Crippen LogP contribution in [0.2, 0.25) is 0 Å². The zero-order valence-electron chi connectivity index (χ0n) is 39.5. The third-order valence-corrected chi connectivity index (χ3v) is 13.6. The molecule has 18 nitrogen and oxygen atoms in total. The van der Waals surface area contributed by atoms with E-state index >= 15 is 0 Å². The fraction of sp³-hybridized carbons (Fsp3) is 0.783. The summed E-state index contributed by atoms with van der Waals surface area (Å²) in [7, 11) is -10.8. The minimum absolute atomic E-state index is 0.0407. The number of hydrogen-bond donors (Lipinski definition) is 5. The van der Waals surface area contributed by atoms with Gasteiger partial charge in [-0.1, -0.05) is 128 Å². The zero-order chi connectivity index (χ0) is 48.5. The third-order valence-electron chi connectivity index (χ3n) is 11.0. The summed E-state index contributed by atoms with van der Waals surface area (Å²) in [6.07, 6.45) is 28.3. The molecule has 0 aliphatic carbocycles. The summed E-state index contributed by atoms with van der Waals surface area (Å²) in [6.45, 7) is 2.11. The van der Waals surface area contributed by atoms with Gasteiger partial charge in [-0.25, -0.2) is 13.9 Å². The molecule has 0 spiro atoms. The Bertz CT molecular complexity index is 1700. The standard InChI is InChI=1S/C46H81N3O15P2/c1-3-5-7-9-11-13-15-17-18-20-21-23-25-27-29-31-41(50)59-35-38(62-42(51)32-30-28-26-24-22-19-16-14-12-10-8-6-4-2)36-60-65(55,56)64-66(57,58)61-37-39-43(52)44(53)45(63-39)49-34-33-40(47)48-46(49)54/h13-16,33-34,38-39,43-45,52-53H,3-12,17-32,35-37H2,1-2H3,(H,55,56)(H,57,58)(H2,47,48,54)/b15-13-,16-14-/t38-,39-,43+,44?,45-/m1/s1. The number of anilines is 1. The molecule has 7 atom stereocenters. The molecule has 0 saturated carbocycles. The molecule has 3 unspecified atom stereocenters. The molecule has 0 aromatic carbocycles. The molecule has 0 radical (unpaired) electrons. The van der Waals surface area contributed by atoms with Crippen LogP contribution in [0.3, 0.4) is 0 Å². The average molecular weight is 978 g/mol. The van der Waals surface area contributed by atoms with Crippen LogP contribution in [0, 0.1) is 0 Å². The number of phosphoric acid groups is 2. The monoisotopic (exact) mass is 978 g/mol. The largest absolute Gasteiger partial charge is 0.481 e. The quantitative estimate of drug-likeness (QED) is 0.0177. The maximum Gasteiger partial charge on any atom is 0.481 e. The lowest BCUT2D eigenvalue weighted by Gasteiger charge is -2.21. The second-order valence-electron chi connectivity index (χ2n) is 17.0. The summed E-state index contributed by atoms with van der Waals surface area (Å²) in [5.74, 6) is -1.31. The molecule has 1 aromatic heterocycles. The van der Waals surface area contributed by atoms with E-state index in [2.05, 4.69) is 47.4 Å². The predicted molar refractivity (Wildman–Crippen MR) is 252 cm³/mol. The van der Waals surface area contributed by atoms with Gasteiger partial charge in [0.05, 0.1) is 13.2 Å². The maximum atomic E-state index is 12.8. The van der Waals surface area contributed by atoms with Gasteiger partial charge in [0.2, 0.25) is 0 Å². The van der Waals surface area contributed by atoms with Crippen molar-refractivity contribution in [2.75, 3.05) is 25.6 Å². The number of aliphatic hydroxyl groups excluding tert-OH is 2. The summed E-state index contributed by atoms with van der Waals surface area (Å²) < 4.78 is 56.7. The van der Waals surface area contributed by atoms with Gasteiger partial charge in [0.1, 0.15) is 30.7 Å². The first-order chi connectivity index (χ1) is 31.7. The summed E-state index contributed by atoms with van der Waals surface area (Å²) in [4.78, 5) is 61.8. The number of hydrogen-bond acceptors (Lipinski definition) is 15. The van der Waals surface area contributed by atoms with Gasteiger partial charge in [-0.3, -0.25) is 23.2 Å². The van der Waals surface area contributed by atoms with Crippen molar-refractivity contribution in [1.29, 1.82) is 0 Å². The van der Waals surface area contributed by atoms with Crippen LogP contribution < -0.4 is 11.4 Å². The number of unbranched alkanes of at least 4 members (excludes halogenated alkanes) is 20. The molecular formula is C46H81N3O15P2. The molecule has 380 valence electrons. The molecule has 6 N–H and O–H groups in total. The van der Waals surface area contributed by atoms with Crippen LogP contribution in [0.5, 0.6) is 0 Å². The molecule has 1 saturated heterocycles. The molecule has 1 aliphatic heterocycles. The van der Waals surface area contributed by atoms with Crippen LogP contribution in [0.15, 0.2) is 41.4 Å². The van der Waals surface area contributed by atoms with Gasteiger partial charge >= 0.3 is 33.3 Å². The highest BCUT2D eigenvalue weighted by atomic mass is 31.3. The highest BCUT2D eigenvalue weighted by molar-refractivity contribution is 7.61. The van der Waals surface area contributed by atoms with Crippen LogP contribution in [0.4, 0.5) is 5.82 Å². The van der Waals surface area contributed by atoms with Crippen molar-refractivity contribution in [1.82, 2.24) is 9.55 Å². The lowest BCUT2D eigenvalue weighted by atomic mass is 10.1. The fourth-order valence-corrected chi connectivity index (χ4v) is 9.29. The highest BCUT2D eigenvalue weighted by Crippen LogP contribution is 2.60. The van der Waals surface area contributed by atoms with Gasteiger partial charge in [-0.05, 0) is 70.3 Å². The predicted octanol–water partition coefficient (Wildman–Crippen LogP) is 9.45. The van der Waals surface area contributed by atoms with E-state index in [9.17, 15) is 43.5 Å². The van der Waals surface area contributed by atoms with Crippen molar-refractivity contribution in [3.63, 3.8) is 0 Å². The highest BCUT2D eigenvalue weighted by Gasteiger charge is 2.46. The van der Waals surface area contributed by atoms with E-state index < -0.39 is 83.7 Å². The first kappa shape index (κ1) is 59.4. The molecular weight excluding hydrogens is 896 g/mol. The molecule has 0 bridgehead atoms. The Kier molecular flexibility index (Phi) is 31.8. The van der Waals surface area contributed by atoms with E-state index in [0.29, 0.717) is 12.8 Å². The topological polar surface area (TPSA) is 265 Å². The number of carbonyl (C=O) groups excluding carboxylic acids is 2. The summed E-state index contributed by atoms with van der Waals surface area (Å²) in [5.41, 5.74) is 4.58. The number of ether oxygens (including phenoxy) is 3. The number of carbonyl (C=O) groups is 2. The number of rotatable bonds is 40. The molecule has 2 heterocycles. The molecule has 20 heteroatoms. The van der Waals surface area contributed by atoms with E-state index in [4.69, 9.17) is 29.0 Å². The lowest BCUT2D eigenvalue weighted by Crippen LogP contribution is -2.36. The average Bonchev–Trinajstić information content (AvgIpc) is 3.55. The van der Waals surface area contributed by atoms with Crippen molar-refractivity contribution in [2.45, 2.75) is 211 Å². The van der Waals surface area contributed by atoms with Gasteiger partial charge in [-0.15, -0.1) is 0 Å². The van der Waals surface area contributed by atoms with Gasteiger partial charge in [0, 0.05) is 19.0 Å². The molecule has 1 fully saturated rings. The number of phosphoric ester groups is 2. The number of allylic oxidation sites excluding steroid dienone is 4. The number of aromatic nitrogens is 2. The zero-order valence-corrected chi connectivity index (χ0v) is 41.3. The van der Waals surface area contributed by atoms with Gasteiger partial charge in [0.15, 0.2) is 12.3 Å². The van der Waals surface area contributed by atoms with Crippen LogP contribution >= 0.6 is 15.6 Å². The minimum Gasteiger partial charge on any atom is -0.462 e. The Balaban J connectivity index is 1.82. The molecule has 2 rings (SSSR count). The Morgan fingerprint density at radius 3 is 1.70 bits per heavy atom. The Morgan fingerprint density at radius 2 is 1.18 bits per heavy atom. The number of nitrogens with zero attached hydrogens (tertiary/aromatic N) is 2. The number of nitrogen functional groups attached to an aromatic ring is 1. The van der Waals surface area contributed by atoms with Crippen molar-refractivity contribution in [2.24, 2.45) is 0 Å². The fourth-order valence-electron chi connectivity index (χ4n) is 7.18. The molecule has 0 amide bonds. The first-order valence-electron chi connectivity index (χ1n) is 24.3. The number of esters is 2. The third kappa shape index (κ3) is 27.9. The van der Waals surface area contributed by atoms with Crippen LogP contribution in [-0.2, 0) is 46.3 Å². The number of nitrogens with two attached hydrogens (primary N) is 1. The molecule has 1 aromatic rings. The van der Waals surface area contributed by atoms with E-state index in [1.807, 2.05) is 0 Å². The Hall–Kier alpha value is -2.76. The minimum atomic E-state index is -5.42. The Labute approximate surface area is 392 Å². The van der Waals surface area contributed by atoms with Gasteiger partial charge in [-0.2, -0.15) is 9.29 Å². The van der Waals surface area contributed by atoms with Crippen molar-refractivity contribution < 1.29 is 66.3 Å². The SMILES string of the molecule is CCCCCC/C=C\CCCCCCCCCC(=O)OC[C@H](COP(=O)(O)OP(=O)(O)OC[C@H]1O[C@@H](n2ccc(N)nc2=O)C(O)[C@H]1O)OC(=O)CCCCCCC/C=C\CCCCCC. The van der Waals surface area contributed by atoms with E-state index in [0.717, 1.165) is 94.2 Å². The normalized spacial score (nSPS) is 19.8. The summed E-state index contributed by atoms with van der Waals surface area (Å²) in [5, 5.41) is 20.9. The van der Waals surface area contributed by atoms with Crippen LogP contribution in [0.25, 0.3) is 0 Å². The summed E-state index contributed by atoms with van der Waals surface area (Å²) in [6, 6.07) is 1.25. The van der Waals surface area contributed by atoms with Crippen LogP contribution in [0.1, 0.15) is 187 Å². The number of aliphatic hydroxyl groups is 2. The van der Waals surface area contributed by atoms with Crippen LogP contribution in [-0.4, -0.2) is 85.7 Å². The second kappa shape index (κ2) is 35.4. The van der Waals surface area contributed by atoms with Crippen molar-refractivity contribution >= 4 is 33.4 Å². The van der Waals surface area contributed by atoms with Crippen molar-refractivity contribution in [3.8, 4) is 0 Å². The van der Waals surface area contributed by atoms with Gasteiger partial charge in [0.25, 0.3) is 0 Å². The first-order valence-corrected chi connectivity index (χ1v) is 27.3. The maximum absolute atomic E-state index is 12.8. The summed E-state index contributed by atoms with van der Waals surface area (Å²) >= 11 is 0. The molecule has 1 aliphatic rings. The van der Waals surface area contributed by atoms with Crippen molar-refractivity contribution in [3.05, 3.63) is 47.1 Å². The van der Waals surface area contributed by atoms with Gasteiger partial charge < -0.3 is 39.9 Å². The second-order valence-corrected chi connectivity index (χ2v) is 20.0. The van der Waals surface area contributed by atoms with E-state index in [1.165, 1.54) is 63.9 Å². The lowest BCUT2D eigenvalue weighted by molar-refractivity contribution is -0.161.